The number of benzene rings is 2. The Labute approximate surface area is 179 Å². The monoisotopic (exact) mass is 447 g/mol. The molecule has 2 aromatic carbocycles. The molecule has 0 aliphatic carbocycles. The molecule has 0 spiro atoms. The van der Waals surface area contributed by atoms with Crippen molar-refractivity contribution < 1.29 is 32.7 Å². The number of hydrogen-bond acceptors (Lipinski definition) is 7. The van der Waals surface area contributed by atoms with Gasteiger partial charge in [-0.1, -0.05) is 17.3 Å². The normalized spacial score (nSPS) is 15.0. The third-order valence-electron chi connectivity index (χ3n) is 4.53. The summed E-state index contributed by atoms with van der Waals surface area (Å²) in [6.07, 6.45) is 1.33. The number of carboxylic acids is 1. The van der Waals surface area contributed by atoms with Crippen LogP contribution in [0.25, 0.3) is 0 Å². The number of aromatic carboxylic acids is 1. The summed E-state index contributed by atoms with van der Waals surface area (Å²) in [5.74, 6) is -1.88. The fourth-order valence-electron chi connectivity index (χ4n) is 2.97. The molecule has 0 bridgehead atoms. The van der Waals surface area contributed by atoms with Crippen LogP contribution in [0.4, 0.5) is 5.69 Å². The second-order valence-electron chi connectivity index (χ2n) is 6.53. The molecule has 11 heteroatoms. The number of ether oxygens (including phenoxy) is 1. The molecule has 2 aromatic rings. The summed E-state index contributed by atoms with van der Waals surface area (Å²) in [6, 6.07) is 9.91. The van der Waals surface area contributed by atoms with Crippen LogP contribution in [0, 0.1) is 0 Å². The number of morpholine rings is 1. The number of anilines is 1. The lowest BCUT2D eigenvalue weighted by Crippen LogP contribution is -2.40. The number of nitrogens with one attached hydrogen (secondary N) is 1. The molecular weight excluding hydrogens is 426 g/mol. The van der Waals surface area contributed by atoms with Gasteiger partial charge in [0.25, 0.3) is 5.91 Å². The Kier molecular flexibility index (Phi) is 7.00. The van der Waals surface area contributed by atoms with E-state index in [4.69, 9.17) is 4.74 Å². The van der Waals surface area contributed by atoms with Crippen LogP contribution < -0.4 is 5.32 Å². The zero-order valence-electron chi connectivity index (χ0n) is 16.6. The fourth-order valence-corrected chi connectivity index (χ4v) is 4.42. The minimum absolute atomic E-state index is 0.0216. The first kappa shape index (κ1) is 22.4. The van der Waals surface area contributed by atoms with Crippen molar-refractivity contribution >= 4 is 33.8 Å². The van der Waals surface area contributed by atoms with Gasteiger partial charge in [0.15, 0.2) is 0 Å². The van der Waals surface area contributed by atoms with Crippen molar-refractivity contribution in [3.63, 3.8) is 0 Å². The molecule has 0 aromatic heterocycles. The van der Waals surface area contributed by atoms with Gasteiger partial charge in [-0.15, -0.1) is 0 Å². The van der Waals surface area contributed by atoms with E-state index in [0.717, 1.165) is 0 Å². The lowest BCUT2D eigenvalue weighted by Gasteiger charge is -2.26. The van der Waals surface area contributed by atoms with Gasteiger partial charge >= 0.3 is 5.97 Å². The summed E-state index contributed by atoms with van der Waals surface area (Å²) in [6.45, 7) is 1.09. The smallest absolute Gasteiger partial charge is 0.337 e. The highest BCUT2D eigenvalue weighted by Gasteiger charge is 2.27. The minimum Gasteiger partial charge on any atom is -0.478 e. The third kappa shape index (κ3) is 5.26. The van der Waals surface area contributed by atoms with Crippen LogP contribution in [0.15, 0.2) is 52.5 Å². The topological polar surface area (TPSA) is 135 Å². The number of carboxylic acid groups (broad SMARTS) is 1. The molecule has 1 aliphatic rings. The molecule has 0 saturated carbocycles. The Morgan fingerprint density at radius 2 is 1.94 bits per heavy atom. The molecule has 1 amide bonds. The van der Waals surface area contributed by atoms with Crippen molar-refractivity contribution in [1.29, 1.82) is 0 Å². The molecule has 0 atom stereocenters. The first-order valence-electron chi connectivity index (χ1n) is 9.26. The molecule has 1 heterocycles. The summed E-state index contributed by atoms with van der Waals surface area (Å²) in [7, 11) is -2.42. The first-order valence-corrected chi connectivity index (χ1v) is 10.7. The summed E-state index contributed by atoms with van der Waals surface area (Å²) in [5, 5.41) is 15.6. The van der Waals surface area contributed by atoms with Gasteiger partial charge in [-0.3, -0.25) is 4.79 Å². The molecule has 164 valence electrons. The van der Waals surface area contributed by atoms with Crippen LogP contribution in [0.2, 0.25) is 0 Å². The van der Waals surface area contributed by atoms with Crippen LogP contribution in [0.5, 0.6) is 0 Å². The van der Waals surface area contributed by atoms with E-state index in [9.17, 15) is 23.1 Å². The van der Waals surface area contributed by atoms with Crippen LogP contribution in [-0.4, -0.2) is 69.3 Å². The molecule has 1 aliphatic heterocycles. The van der Waals surface area contributed by atoms with Crippen molar-refractivity contribution in [3.8, 4) is 0 Å². The van der Waals surface area contributed by atoms with Gasteiger partial charge in [-0.05, 0) is 35.9 Å². The van der Waals surface area contributed by atoms with Gasteiger partial charge in [-0.2, -0.15) is 4.31 Å². The van der Waals surface area contributed by atoms with Crippen molar-refractivity contribution in [2.45, 2.75) is 4.90 Å². The number of carbonyl (C=O) groups is 2. The molecule has 0 unspecified atom stereocenters. The predicted octanol–water partition coefficient (Wildman–Crippen LogP) is 1.64. The van der Waals surface area contributed by atoms with E-state index in [0.29, 0.717) is 18.8 Å². The fraction of sp³-hybridized carbons (Fsp3) is 0.250. The number of nitrogens with zero attached hydrogens (tertiary/aromatic N) is 2. The second kappa shape index (κ2) is 9.69. The summed E-state index contributed by atoms with van der Waals surface area (Å²) in [4.78, 5) is 28.9. The highest BCUT2D eigenvalue weighted by Crippen LogP contribution is 2.21. The maximum absolute atomic E-state index is 12.8. The number of sulfonamides is 1. The first-order chi connectivity index (χ1) is 14.8. The third-order valence-corrected chi connectivity index (χ3v) is 6.43. The SMILES string of the molecule is CON=Cc1ccc(NC(=O)c2cccc(S(=O)(=O)N3CCOCC3)c2)c(C(=O)O)c1. The van der Waals surface area contributed by atoms with E-state index in [1.807, 2.05) is 0 Å². The van der Waals surface area contributed by atoms with E-state index in [1.165, 1.54) is 54.0 Å². The maximum Gasteiger partial charge on any atom is 0.337 e. The van der Waals surface area contributed by atoms with Gasteiger partial charge in [0.2, 0.25) is 10.0 Å². The number of hydrogen-bond donors (Lipinski definition) is 2. The molecule has 31 heavy (non-hydrogen) atoms. The lowest BCUT2D eigenvalue weighted by molar-refractivity contribution is 0.0698. The van der Waals surface area contributed by atoms with Gasteiger partial charge in [0, 0.05) is 18.7 Å². The van der Waals surface area contributed by atoms with Crippen LogP contribution in [0.1, 0.15) is 26.3 Å². The summed E-state index contributed by atoms with van der Waals surface area (Å²) in [5.41, 5.74) is 0.463. The van der Waals surface area contributed by atoms with Crippen molar-refractivity contribution in [1.82, 2.24) is 4.31 Å². The van der Waals surface area contributed by atoms with Crippen molar-refractivity contribution in [2.24, 2.45) is 5.16 Å². The number of carbonyl (C=O) groups excluding carboxylic acids is 1. The van der Waals surface area contributed by atoms with Crippen LogP contribution in [-0.2, 0) is 19.6 Å². The van der Waals surface area contributed by atoms with E-state index < -0.39 is 21.9 Å². The summed E-state index contributed by atoms with van der Waals surface area (Å²) < 4.78 is 32.1. The van der Waals surface area contributed by atoms with Gasteiger partial charge in [-0.25, -0.2) is 13.2 Å². The molecular formula is C20H21N3O7S. The van der Waals surface area contributed by atoms with E-state index in [1.54, 1.807) is 6.07 Å². The largest absolute Gasteiger partial charge is 0.478 e. The van der Waals surface area contributed by atoms with Crippen molar-refractivity contribution in [3.05, 3.63) is 59.2 Å². The van der Waals surface area contributed by atoms with E-state index in [-0.39, 0.29) is 34.8 Å². The Balaban J connectivity index is 1.85. The number of oxime groups is 1. The van der Waals surface area contributed by atoms with E-state index in [2.05, 4.69) is 15.3 Å². The Hall–Kier alpha value is -3.28. The molecule has 1 saturated heterocycles. The maximum atomic E-state index is 12.8. The Morgan fingerprint density at radius 3 is 2.61 bits per heavy atom. The average molecular weight is 447 g/mol. The quantitative estimate of drug-likeness (QED) is 0.487. The number of rotatable bonds is 7. The highest BCUT2D eigenvalue weighted by atomic mass is 32.2. The Bertz CT molecular complexity index is 1110. The molecule has 0 radical (unpaired) electrons. The highest BCUT2D eigenvalue weighted by molar-refractivity contribution is 7.89. The molecule has 2 N–H and O–H groups in total. The zero-order chi connectivity index (χ0) is 22.4. The zero-order valence-corrected chi connectivity index (χ0v) is 17.5. The predicted molar refractivity (Wildman–Crippen MR) is 112 cm³/mol. The van der Waals surface area contributed by atoms with Gasteiger partial charge < -0.3 is 20.0 Å². The van der Waals surface area contributed by atoms with E-state index >= 15 is 0 Å². The molecule has 10 nitrogen and oxygen atoms in total. The van der Waals surface area contributed by atoms with Gasteiger partial charge in [0.1, 0.15) is 7.11 Å². The van der Waals surface area contributed by atoms with Gasteiger partial charge in [0.05, 0.1) is 35.6 Å². The molecule has 3 rings (SSSR count). The second-order valence-corrected chi connectivity index (χ2v) is 8.46. The standard InChI is InChI=1S/C20H21N3O7S/c1-29-21-13-14-5-6-18(17(11-14)20(25)26)22-19(24)15-3-2-4-16(12-15)31(27,28)23-7-9-30-10-8-23/h2-6,11-13H,7-10H2,1H3,(H,22,24)(H,25,26). The van der Waals surface area contributed by atoms with Crippen molar-refractivity contribution in [2.75, 3.05) is 38.7 Å². The lowest BCUT2D eigenvalue weighted by atomic mass is 10.1. The van der Waals surface area contributed by atoms with Crippen LogP contribution in [0.3, 0.4) is 0 Å². The van der Waals surface area contributed by atoms with Crippen LogP contribution >= 0.6 is 0 Å². The summed E-state index contributed by atoms with van der Waals surface area (Å²) >= 11 is 0. The Morgan fingerprint density at radius 1 is 1.19 bits per heavy atom. The minimum atomic E-state index is -3.77. The average Bonchev–Trinajstić information content (AvgIpc) is 2.78. The number of amides is 1. The molecule has 1 fully saturated rings.